The Balaban J connectivity index is 1.82. The fourth-order valence-corrected chi connectivity index (χ4v) is 5.62. The van der Waals surface area contributed by atoms with Gasteiger partial charge in [-0.15, -0.1) is 0 Å². The van der Waals surface area contributed by atoms with E-state index < -0.39 is 17.1 Å². The van der Waals surface area contributed by atoms with Crippen LogP contribution in [0.4, 0.5) is 0 Å². The highest BCUT2D eigenvalue weighted by Gasteiger charge is 2.62. The highest BCUT2D eigenvalue weighted by atomic mass is 16.7. The van der Waals surface area contributed by atoms with E-state index in [0.717, 1.165) is 12.0 Å². The van der Waals surface area contributed by atoms with E-state index in [9.17, 15) is 10.2 Å². The monoisotopic (exact) mass is 436 g/mol. The van der Waals surface area contributed by atoms with Gasteiger partial charge in [0.05, 0.1) is 30.5 Å². The molecule has 0 aliphatic heterocycles. The van der Waals surface area contributed by atoms with Crippen LogP contribution in [0.3, 0.4) is 0 Å². The standard InChI is InChI=1S/C25H40O6/c1-23(2)13-12-20(26)25(27)14-11-19(24(25,3)4)21(30-16-28-5)22(23)31-17-29-15-18-9-7-6-8-10-18/h6-10,19-22,26-27H,11-17H2,1-5H3/t19-,20+,21-,22-,25-/m1/s1. The third-order valence-electron chi connectivity index (χ3n) is 7.78. The fraction of sp³-hybridized carbons (Fsp3) is 0.760. The van der Waals surface area contributed by atoms with Gasteiger partial charge in [0.2, 0.25) is 0 Å². The molecular formula is C25H40O6. The molecule has 0 radical (unpaired) electrons. The summed E-state index contributed by atoms with van der Waals surface area (Å²) in [6.45, 7) is 9.14. The van der Waals surface area contributed by atoms with Crippen LogP contribution in [0.2, 0.25) is 0 Å². The van der Waals surface area contributed by atoms with Gasteiger partial charge >= 0.3 is 0 Å². The van der Waals surface area contributed by atoms with Crippen molar-refractivity contribution < 1.29 is 29.2 Å². The zero-order valence-electron chi connectivity index (χ0n) is 19.7. The third kappa shape index (κ3) is 5.00. The largest absolute Gasteiger partial charge is 0.390 e. The summed E-state index contributed by atoms with van der Waals surface area (Å²) in [7, 11) is 1.61. The maximum atomic E-state index is 11.5. The van der Waals surface area contributed by atoms with Crippen LogP contribution < -0.4 is 0 Å². The zero-order valence-corrected chi connectivity index (χ0v) is 19.7. The summed E-state index contributed by atoms with van der Waals surface area (Å²) in [6, 6.07) is 10.0. The number of rotatable bonds is 8. The van der Waals surface area contributed by atoms with Crippen LogP contribution in [0.15, 0.2) is 30.3 Å². The first-order valence-corrected chi connectivity index (χ1v) is 11.4. The van der Waals surface area contributed by atoms with Crippen molar-refractivity contribution in [1.29, 1.82) is 0 Å². The van der Waals surface area contributed by atoms with Crippen LogP contribution in [-0.4, -0.2) is 54.8 Å². The van der Waals surface area contributed by atoms with Gasteiger partial charge in [-0.05, 0) is 42.6 Å². The first kappa shape index (κ1) is 24.6. The van der Waals surface area contributed by atoms with E-state index in [1.165, 1.54) is 0 Å². The Morgan fingerprint density at radius 1 is 0.968 bits per heavy atom. The number of fused-ring (bicyclic) bond motifs is 2. The third-order valence-corrected chi connectivity index (χ3v) is 7.78. The van der Waals surface area contributed by atoms with Gasteiger partial charge in [0, 0.05) is 12.5 Å². The van der Waals surface area contributed by atoms with Crippen molar-refractivity contribution in [2.24, 2.45) is 16.7 Å². The molecule has 0 saturated heterocycles. The lowest BCUT2D eigenvalue weighted by molar-refractivity contribution is -0.219. The summed E-state index contributed by atoms with van der Waals surface area (Å²) in [5, 5.41) is 22.4. The van der Waals surface area contributed by atoms with Gasteiger partial charge in [0.25, 0.3) is 0 Å². The van der Waals surface area contributed by atoms with Gasteiger partial charge in [-0.25, -0.2) is 0 Å². The number of aliphatic hydroxyl groups excluding tert-OH is 1. The van der Waals surface area contributed by atoms with Crippen LogP contribution >= 0.6 is 0 Å². The lowest BCUT2D eigenvalue weighted by Gasteiger charge is -2.46. The molecule has 1 aromatic rings. The molecule has 2 aliphatic rings. The molecule has 0 heterocycles. The van der Waals surface area contributed by atoms with E-state index in [1.54, 1.807) is 7.11 Å². The smallest absolute Gasteiger partial charge is 0.147 e. The van der Waals surface area contributed by atoms with Gasteiger partial charge in [0.1, 0.15) is 13.6 Å². The predicted octanol–water partition coefficient (Wildman–Crippen LogP) is 3.88. The van der Waals surface area contributed by atoms with Crippen molar-refractivity contribution >= 4 is 0 Å². The first-order chi connectivity index (χ1) is 14.6. The molecule has 0 spiro atoms. The van der Waals surface area contributed by atoms with Crippen molar-refractivity contribution in [3.8, 4) is 0 Å². The summed E-state index contributed by atoms with van der Waals surface area (Å²) in [5.74, 6) is 0.0128. The number of aliphatic hydroxyl groups is 2. The molecule has 6 heteroatoms. The van der Waals surface area contributed by atoms with E-state index in [-0.39, 0.29) is 37.1 Å². The average Bonchev–Trinajstić information content (AvgIpc) is 2.98. The quantitative estimate of drug-likeness (QED) is 0.476. The number of methoxy groups -OCH3 is 1. The highest BCUT2D eigenvalue weighted by Crippen LogP contribution is 2.57. The Hall–Kier alpha value is -1.02. The molecule has 2 saturated carbocycles. The number of hydrogen-bond donors (Lipinski definition) is 2. The fourth-order valence-electron chi connectivity index (χ4n) is 5.62. The topological polar surface area (TPSA) is 77.4 Å². The Bertz CT molecular complexity index is 691. The molecule has 2 aliphatic carbocycles. The summed E-state index contributed by atoms with van der Waals surface area (Å²) in [6.07, 6.45) is 1.20. The first-order valence-electron chi connectivity index (χ1n) is 11.4. The molecule has 176 valence electrons. The maximum Gasteiger partial charge on any atom is 0.147 e. The molecule has 0 aromatic heterocycles. The second-order valence-corrected chi connectivity index (χ2v) is 10.4. The predicted molar refractivity (Wildman–Crippen MR) is 118 cm³/mol. The Morgan fingerprint density at radius 2 is 1.68 bits per heavy atom. The van der Waals surface area contributed by atoms with Crippen LogP contribution in [0, 0.1) is 16.7 Å². The normalized spacial score (nSPS) is 34.7. The summed E-state index contributed by atoms with van der Waals surface area (Å²) in [5.41, 5.74) is -0.859. The van der Waals surface area contributed by atoms with Crippen LogP contribution in [-0.2, 0) is 25.6 Å². The van der Waals surface area contributed by atoms with E-state index >= 15 is 0 Å². The lowest BCUT2D eigenvalue weighted by atomic mass is 9.67. The molecular weight excluding hydrogens is 396 g/mol. The van der Waals surface area contributed by atoms with E-state index in [2.05, 4.69) is 13.8 Å². The molecule has 5 atom stereocenters. The van der Waals surface area contributed by atoms with Crippen molar-refractivity contribution in [3.05, 3.63) is 35.9 Å². The van der Waals surface area contributed by atoms with Crippen molar-refractivity contribution in [1.82, 2.24) is 0 Å². The molecule has 3 rings (SSSR count). The minimum Gasteiger partial charge on any atom is -0.390 e. The summed E-state index contributed by atoms with van der Waals surface area (Å²) < 4.78 is 23.7. The SMILES string of the molecule is COCO[C@H]1[C@@H](OCOCc2ccccc2)C(C)(C)CC[C@H](O)[C@]2(O)CC[C@H]1C2(C)C. The Labute approximate surface area is 186 Å². The van der Waals surface area contributed by atoms with Crippen LogP contribution in [0.5, 0.6) is 0 Å². The molecule has 6 nitrogen and oxygen atoms in total. The average molecular weight is 437 g/mol. The molecule has 2 bridgehead atoms. The lowest BCUT2D eigenvalue weighted by Crippen LogP contribution is -2.55. The van der Waals surface area contributed by atoms with Gasteiger partial charge in [0.15, 0.2) is 0 Å². The molecule has 0 amide bonds. The van der Waals surface area contributed by atoms with Gasteiger partial charge in [-0.2, -0.15) is 0 Å². The molecule has 0 unspecified atom stereocenters. The van der Waals surface area contributed by atoms with E-state index in [0.29, 0.717) is 25.9 Å². The number of benzene rings is 1. The van der Waals surface area contributed by atoms with Gasteiger partial charge < -0.3 is 29.2 Å². The van der Waals surface area contributed by atoms with Gasteiger partial charge in [-0.3, -0.25) is 0 Å². The van der Waals surface area contributed by atoms with Crippen LogP contribution in [0.25, 0.3) is 0 Å². The minimum absolute atomic E-state index is 0.0128. The van der Waals surface area contributed by atoms with Crippen molar-refractivity contribution in [3.63, 3.8) is 0 Å². The summed E-state index contributed by atoms with van der Waals surface area (Å²) >= 11 is 0. The van der Waals surface area contributed by atoms with E-state index in [1.807, 2.05) is 44.2 Å². The van der Waals surface area contributed by atoms with E-state index in [4.69, 9.17) is 18.9 Å². The summed E-state index contributed by atoms with van der Waals surface area (Å²) in [4.78, 5) is 0. The molecule has 2 N–H and O–H groups in total. The molecule has 31 heavy (non-hydrogen) atoms. The maximum absolute atomic E-state index is 11.5. The minimum atomic E-state index is -1.14. The van der Waals surface area contributed by atoms with Gasteiger partial charge in [-0.1, -0.05) is 58.0 Å². The highest BCUT2D eigenvalue weighted by molar-refractivity contribution is 5.14. The number of ether oxygens (including phenoxy) is 4. The molecule has 2 fully saturated rings. The molecule has 1 aromatic carbocycles. The second-order valence-electron chi connectivity index (χ2n) is 10.4. The second kappa shape index (κ2) is 9.86. The van der Waals surface area contributed by atoms with Crippen LogP contribution in [0.1, 0.15) is 58.9 Å². The zero-order chi connectivity index (χ0) is 22.7. The Morgan fingerprint density at radius 3 is 2.35 bits per heavy atom. The Kier molecular flexibility index (Phi) is 7.83. The number of hydrogen-bond acceptors (Lipinski definition) is 6. The van der Waals surface area contributed by atoms with Crippen molar-refractivity contribution in [2.75, 3.05) is 20.7 Å². The van der Waals surface area contributed by atoms with Crippen molar-refractivity contribution in [2.45, 2.75) is 83.9 Å².